The number of aromatic nitrogens is 3. The minimum Gasteiger partial charge on any atom is -0.459 e. The lowest BCUT2D eigenvalue weighted by Gasteiger charge is -2.17. The number of halogens is 3. The first kappa shape index (κ1) is 20.4. The van der Waals surface area contributed by atoms with E-state index in [2.05, 4.69) is 9.97 Å². The Bertz CT molecular complexity index is 1250. The standard InChI is InChI=1S/C20H18F3N5O3/c1-28-3-2-11-16-13(26-20(25)27-19(16)24)6-12(17(11)28)10-4-14(29-7-21)18(31-9-23)15(5-10)30-8-22/h2-6H,7-9H2,1H3,(H4,24,25,26,27). The van der Waals surface area contributed by atoms with Crippen LogP contribution in [0.2, 0.25) is 0 Å². The number of nitrogens with two attached hydrogens (primary N) is 2. The Kier molecular flexibility index (Phi) is 5.32. The van der Waals surface area contributed by atoms with E-state index in [-0.39, 0.29) is 29.0 Å². The molecule has 31 heavy (non-hydrogen) atoms. The molecule has 2 aromatic carbocycles. The number of hydrogen-bond donors (Lipinski definition) is 2. The summed E-state index contributed by atoms with van der Waals surface area (Å²) in [7, 11) is 1.82. The predicted octanol–water partition coefficient (Wildman–Crippen LogP) is 3.87. The van der Waals surface area contributed by atoms with Crippen LogP contribution in [0, 0.1) is 0 Å². The maximum Gasteiger partial charge on any atom is 0.229 e. The Labute approximate surface area is 174 Å². The van der Waals surface area contributed by atoms with Crippen LogP contribution in [0.15, 0.2) is 30.5 Å². The molecule has 0 aliphatic heterocycles. The Morgan fingerprint density at radius 2 is 1.58 bits per heavy atom. The first-order valence-electron chi connectivity index (χ1n) is 9.04. The van der Waals surface area contributed by atoms with Crippen LogP contribution in [0.4, 0.5) is 24.9 Å². The largest absolute Gasteiger partial charge is 0.459 e. The number of hydrogen-bond acceptors (Lipinski definition) is 7. The molecule has 11 heteroatoms. The van der Waals surface area contributed by atoms with Crippen molar-refractivity contribution in [2.75, 3.05) is 32.0 Å². The zero-order valence-electron chi connectivity index (χ0n) is 16.4. The molecule has 0 radical (unpaired) electrons. The van der Waals surface area contributed by atoms with Crippen LogP contribution in [0.25, 0.3) is 32.9 Å². The van der Waals surface area contributed by atoms with E-state index in [1.807, 2.05) is 23.9 Å². The van der Waals surface area contributed by atoms with Gasteiger partial charge in [-0.1, -0.05) is 0 Å². The first-order chi connectivity index (χ1) is 15.0. The summed E-state index contributed by atoms with van der Waals surface area (Å²) in [5.41, 5.74) is 14.1. The molecular formula is C20H18F3N5O3. The Hall–Kier alpha value is -3.89. The normalized spacial score (nSPS) is 11.2. The van der Waals surface area contributed by atoms with E-state index in [0.29, 0.717) is 22.0 Å². The number of aryl methyl sites for hydroxylation is 1. The summed E-state index contributed by atoms with van der Waals surface area (Å²) >= 11 is 0. The average Bonchev–Trinajstić information content (AvgIpc) is 3.11. The van der Waals surface area contributed by atoms with Gasteiger partial charge in [0, 0.05) is 24.2 Å². The summed E-state index contributed by atoms with van der Waals surface area (Å²) in [5, 5.41) is 1.36. The topological polar surface area (TPSA) is 110 Å². The van der Waals surface area contributed by atoms with Crippen molar-refractivity contribution < 1.29 is 27.4 Å². The highest BCUT2D eigenvalue weighted by Gasteiger charge is 2.21. The van der Waals surface area contributed by atoms with Gasteiger partial charge in [-0.3, -0.25) is 0 Å². The highest BCUT2D eigenvalue weighted by atomic mass is 19.1. The molecule has 2 heterocycles. The Morgan fingerprint density at radius 1 is 0.935 bits per heavy atom. The third-order valence-electron chi connectivity index (χ3n) is 4.81. The zero-order valence-corrected chi connectivity index (χ0v) is 16.4. The number of ether oxygens (including phenoxy) is 3. The summed E-state index contributed by atoms with van der Waals surface area (Å²) in [5.74, 6) is -0.322. The molecular weight excluding hydrogens is 415 g/mol. The minimum atomic E-state index is -1.24. The Balaban J connectivity index is 2.06. The van der Waals surface area contributed by atoms with Crippen molar-refractivity contribution in [1.82, 2.24) is 14.5 Å². The fourth-order valence-electron chi connectivity index (χ4n) is 3.65. The van der Waals surface area contributed by atoms with E-state index >= 15 is 0 Å². The molecule has 0 unspecified atom stereocenters. The third kappa shape index (κ3) is 3.47. The van der Waals surface area contributed by atoms with Gasteiger partial charge in [0.1, 0.15) is 5.82 Å². The highest BCUT2D eigenvalue weighted by Crippen LogP contribution is 2.44. The molecule has 4 rings (SSSR count). The van der Waals surface area contributed by atoms with Gasteiger partial charge in [-0.05, 0) is 29.8 Å². The molecule has 8 nitrogen and oxygen atoms in total. The van der Waals surface area contributed by atoms with Gasteiger partial charge in [0.25, 0.3) is 0 Å². The zero-order chi connectivity index (χ0) is 22.1. The van der Waals surface area contributed by atoms with E-state index < -0.39 is 20.6 Å². The molecule has 0 aliphatic rings. The van der Waals surface area contributed by atoms with E-state index in [1.165, 1.54) is 12.1 Å². The van der Waals surface area contributed by atoms with Gasteiger partial charge in [-0.2, -0.15) is 4.98 Å². The average molecular weight is 433 g/mol. The van der Waals surface area contributed by atoms with E-state index in [4.69, 9.17) is 25.7 Å². The number of nitrogen functional groups attached to an aromatic ring is 2. The number of alkyl halides is 3. The second-order valence-electron chi connectivity index (χ2n) is 6.54. The van der Waals surface area contributed by atoms with Crippen LogP contribution in [0.1, 0.15) is 0 Å². The molecule has 0 aliphatic carbocycles. The van der Waals surface area contributed by atoms with Gasteiger partial charge in [-0.25, -0.2) is 18.2 Å². The van der Waals surface area contributed by atoms with Crippen molar-refractivity contribution in [1.29, 1.82) is 0 Å². The number of rotatable bonds is 7. The summed E-state index contributed by atoms with van der Waals surface area (Å²) < 4.78 is 55.4. The number of benzene rings is 2. The maximum atomic E-state index is 13.0. The number of nitrogens with zero attached hydrogens (tertiary/aromatic N) is 3. The van der Waals surface area contributed by atoms with Crippen molar-refractivity contribution in [2.45, 2.75) is 0 Å². The predicted molar refractivity (Wildman–Crippen MR) is 110 cm³/mol. The van der Waals surface area contributed by atoms with Crippen LogP contribution >= 0.6 is 0 Å². The van der Waals surface area contributed by atoms with Crippen molar-refractivity contribution >= 4 is 33.6 Å². The fraction of sp³-hybridized carbons (Fsp3) is 0.200. The van der Waals surface area contributed by atoms with Gasteiger partial charge >= 0.3 is 0 Å². The molecule has 4 aromatic rings. The van der Waals surface area contributed by atoms with Crippen LogP contribution in [0.5, 0.6) is 17.2 Å². The Morgan fingerprint density at radius 3 is 2.19 bits per heavy atom. The van der Waals surface area contributed by atoms with Gasteiger partial charge < -0.3 is 30.2 Å². The van der Waals surface area contributed by atoms with Crippen molar-refractivity contribution in [3.8, 4) is 28.4 Å². The van der Waals surface area contributed by atoms with E-state index in [1.54, 1.807) is 6.07 Å². The summed E-state index contributed by atoms with van der Waals surface area (Å²) in [4.78, 5) is 8.30. The van der Waals surface area contributed by atoms with E-state index in [0.717, 1.165) is 10.9 Å². The van der Waals surface area contributed by atoms with Crippen molar-refractivity contribution in [2.24, 2.45) is 7.05 Å². The molecule has 162 valence electrons. The van der Waals surface area contributed by atoms with E-state index in [9.17, 15) is 13.2 Å². The number of fused-ring (bicyclic) bond motifs is 3. The molecule has 0 amide bonds. The van der Waals surface area contributed by atoms with Gasteiger partial charge in [0.2, 0.25) is 32.3 Å². The lowest BCUT2D eigenvalue weighted by atomic mass is 9.99. The number of anilines is 2. The highest BCUT2D eigenvalue weighted by molar-refractivity contribution is 6.15. The molecule has 0 bridgehead atoms. The van der Waals surface area contributed by atoms with Crippen molar-refractivity contribution in [3.05, 3.63) is 30.5 Å². The fourth-order valence-corrected chi connectivity index (χ4v) is 3.65. The summed E-state index contributed by atoms with van der Waals surface area (Å²) in [6, 6.07) is 6.44. The van der Waals surface area contributed by atoms with Gasteiger partial charge in [0.05, 0.1) is 16.4 Å². The molecule has 4 N–H and O–H groups in total. The van der Waals surface area contributed by atoms with Gasteiger partial charge in [0.15, 0.2) is 11.5 Å². The first-order valence-corrected chi connectivity index (χ1v) is 9.04. The quantitative estimate of drug-likeness (QED) is 0.455. The monoisotopic (exact) mass is 433 g/mol. The van der Waals surface area contributed by atoms with Crippen LogP contribution in [0.3, 0.4) is 0 Å². The minimum absolute atomic E-state index is 0.000767. The van der Waals surface area contributed by atoms with Crippen LogP contribution in [-0.4, -0.2) is 35.1 Å². The molecule has 0 spiro atoms. The summed E-state index contributed by atoms with van der Waals surface area (Å²) in [6.45, 7) is -3.66. The molecule has 0 saturated carbocycles. The molecule has 2 aromatic heterocycles. The SMILES string of the molecule is Cn1ccc2c3c(N)nc(N)nc3cc(-c3cc(OCF)c(OCF)c(OCF)c3)c21. The lowest BCUT2D eigenvalue weighted by Crippen LogP contribution is -2.03. The smallest absolute Gasteiger partial charge is 0.229 e. The van der Waals surface area contributed by atoms with Crippen molar-refractivity contribution in [3.63, 3.8) is 0 Å². The van der Waals surface area contributed by atoms with Crippen LogP contribution < -0.4 is 25.7 Å². The van der Waals surface area contributed by atoms with Crippen LogP contribution in [-0.2, 0) is 7.05 Å². The second-order valence-corrected chi connectivity index (χ2v) is 6.54. The third-order valence-corrected chi connectivity index (χ3v) is 4.81. The second kappa shape index (κ2) is 8.09. The lowest BCUT2D eigenvalue weighted by molar-refractivity contribution is 0.140. The molecule has 0 fully saturated rings. The maximum absolute atomic E-state index is 13.0. The van der Waals surface area contributed by atoms with Gasteiger partial charge in [-0.15, -0.1) is 0 Å². The molecule has 0 atom stereocenters. The molecule has 0 saturated heterocycles. The summed E-state index contributed by atoms with van der Waals surface area (Å²) in [6.07, 6.45) is 1.82.